The Morgan fingerprint density at radius 1 is 0.398 bits per heavy atom. The summed E-state index contributed by atoms with van der Waals surface area (Å²) in [6.07, 6.45) is 30.4. The average Bonchev–Trinajstić information content (AvgIpc) is 1.88. The van der Waals surface area contributed by atoms with Crippen molar-refractivity contribution >= 4 is 5.91 Å². The van der Waals surface area contributed by atoms with E-state index in [1.54, 1.807) is 0 Å². The molecule has 17 unspecified atom stereocenters. The first kappa shape index (κ1) is 80.8. The molecule has 3 aliphatic rings. The maximum absolute atomic E-state index is 13.4. The topological polar surface area (TPSA) is 307 Å². The number of nitrogens with one attached hydrogen (secondary N) is 1. The van der Waals surface area contributed by atoms with Crippen LogP contribution in [0.3, 0.4) is 0 Å². The first-order valence-corrected chi connectivity index (χ1v) is 35.9. The first-order chi connectivity index (χ1) is 42.8. The van der Waals surface area contributed by atoms with Gasteiger partial charge in [-0.1, -0.05) is 257 Å². The van der Waals surface area contributed by atoms with Crippen LogP contribution in [0.15, 0.2) is 12.2 Å². The molecule has 17 atom stereocenters. The van der Waals surface area contributed by atoms with Gasteiger partial charge in [-0.25, -0.2) is 0 Å². The smallest absolute Gasteiger partial charge is 0.220 e. The van der Waals surface area contributed by atoms with Gasteiger partial charge in [-0.3, -0.25) is 4.79 Å². The fourth-order valence-electron chi connectivity index (χ4n) is 12.5. The van der Waals surface area contributed by atoms with E-state index >= 15 is 0 Å². The molecule has 12 N–H and O–H groups in total. The summed E-state index contributed by atoms with van der Waals surface area (Å²) in [5.41, 5.74) is 0. The lowest BCUT2D eigenvalue weighted by Gasteiger charge is -2.48. The second kappa shape index (κ2) is 51.9. The molecule has 0 aromatic carbocycles. The molecule has 0 aromatic rings. The van der Waals surface area contributed by atoms with Gasteiger partial charge in [0.2, 0.25) is 5.91 Å². The van der Waals surface area contributed by atoms with Crippen LogP contribution in [0.1, 0.15) is 290 Å². The summed E-state index contributed by atoms with van der Waals surface area (Å²) < 4.78 is 34.4. The highest BCUT2D eigenvalue weighted by molar-refractivity contribution is 5.76. The van der Waals surface area contributed by atoms with Crippen molar-refractivity contribution in [3.05, 3.63) is 12.2 Å². The van der Waals surface area contributed by atoms with Gasteiger partial charge < -0.3 is 89.9 Å². The minimum Gasteiger partial charge on any atom is -0.394 e. The van der Waals surface area contributed by atoms with Crippen LogP contribution >= 0.6 is 0 Å². The second-order valence-electron chi connectivity index (χ2n) is 26.1. The molecule has 0 aromatic heterocycles. The normalized spacial score (nSPS) is 28.4. The SMILES string of the molecule is CCCCC/C=C\CCCCCCCC(=O)NC(COC1OC(CO)C(OC2OC(CO)C(OC3OC(CO)C(O)C(O)C3O)C(O)C2O)C(O)C1O)C(O)CCCCCCCCCCCCCCCCCCCCCCCCCCCCCCCCC. The number of carbonyl (C=O) groups is 1. The van der Waals surface area contributed by atoms with Crippen molar-refractivity contribution in [2.75, 3.05) is 26.4 Å². The Morgan fingerprint density at radius 3 is 1.12 bits per heavy atom. The Morgan fingerprint density at radius 2 is 0.716 bits per heavy atom. The van der Waals surface area contributed by atoms with Gasteiger partial charge >= 0.3 is 0 Å². The van der Waals surface area contributed by atoms with Gasteiger partial charge in [0, 0.05) is 6.42 Å². The van der Waals surface area contributed by atoms with Crippen LogP contribution in [0, 0.1) is 0 Å². The monoisotopic (exact) mass is 1260 g/mol. The Labute approximate surface area is 531 Å². The van der Waals surface area contributed by atoms with Gasteiger partial charge in [0.1, 0.15) is 73.2 Å². The number of aliphatic hydroxyl groups excluding tert-OH is 11. The molecule has 0 radical (unpaired) electrons. The van der Waals surface area contributed by atoms with Crippen molar-refractivity contribution in [3.8, 4) is 0 Å². The van der Waals surface area contributed by atoms with Gasteiger partial charge in [0.25, 0.3) is 0 Å². The molecule has 3 heterocycles. The van der Waals surface area contributed by atoms with Crippen LogP contribution < -0.4 is 5.32 Å². The summed E-state index contributed by atoms with van der Waals surface area (Å²) in [6.45, 7) is 1.79. The van der Waals surface area contributed by atoms with E-state index in [9.17, 15) is 61.0 Å². The van der Waals surface area contributed by atoms with E-state index in [0.29, 0.717) is 12.8 Å². The summed E-state index contributed by atoms with van der Waals surface area (Å²) in [6, 6.07) is -0.888. The van der Waals surface area contributed by atoms with Gasteiger partial charge in [-0.05, 0) is 38.5 Å². The molecular weight excluding hydrogens is 1130 g/mol. The maximum atomic E-state index is 13.4. The standard InChI is InChI=1S/C69H131NO18/c1-3-5-7-9-11-13-15-17-18-19-20-21-22-23-24-25-26-27-28-29-30-31-32-33-34-35-36-38-40-42-44-46-53(74)52(70-57(75)47-45-43-41-39-37-16-14-12-10-8-6-4-2)51-83-67-63(81)60(78)65(55(49-72)85-67)88-69-64(82)61(79)66(56(50-73)86-69)87-68-62(80)59(77)58(76)54(48-71)84-68/h12,14,52-56,58-69,71-74,76-82H,3-11,13,15-51H2,1-2H3,(H,70,75)/b14-12-. The summed E-state index contributed by atoms with van der Waals surface area (Å²) in [5.74, 6) is -0.249. The quantitative estimate of drug-likeness (QED) is 0.0199. The van der Waals surface area contributed by atoms with Gasteiger partial charge in [-0.2, -0.15) is 0 Å². The van der Waals surface area contributed by atoms with Gasteiger partial charge in [0.05, 0.1) is 38.6 Å². The zero-order valence-corrected chi connectivity index (χ0v) is 55.0. The Kier molecular flexibility index (Phi) is 47.6. The highest BCUT2D eigenvalue weighted by Crippen LogP contribution is 2.33. The van der Waals surface area contributed by atoms with E-state index in [1.807, 2.05) is 0 Å². The van der Waals surface area contributed by atoms with Crippen LogP contribution in [0.5, 0.6) is 0 Å². The number of hydrogen-bond acceptors (Lipinski definition) is 18. The number of unbranched alkanes of at least 4 members (excludes halogenated alkanes) is 38. The molecule has 3 fully saturated rings. The fraction of sp³-hybridized carbons (Fsp3) is 0.957. The van der Waals surface area contributed by atoms with Crippen LogP contribution in [-0.4, -0.2) is 193 Å². The van der Waals surface area contributed by atoms with E-state index < -0.39 is 124 Å². The van der Waals surface area contributed by atoms with E-state index in [4.69, 9.17) is 28.4 Å². The minimum atomic E-state index is -1.97. The maximum Gasteiger partial charge on any atom is 0.220 e. The highest BCUT2D eigenvalue weighted by atomic mass is 16.8. The minimum absolute atomic E-state index is 0.249. The Hall–Kier alpha value is -1.47. The molecule has 0 bridgehead atoms. The third kappa shape index (κ3) is 33.6. The molecule has 19 heteroatoms. The highest BCUT2D eigenvalue weighted by Gasteiger charge is 2.53. The third-order valence-corrected chi connectivity index (χ3v) is 18.3. The van der Waals surface area contributed by atoms with E-state index in [0.717, 1.165) is 64.2 Å². The molecule has 3 rings (SSSR count). The van der Waals surface area contributed by atoms with Crippen LogP contribution in [0.25, 0.3) is 0 Å². The molecule has 19 nitrogen and oxygen atoms in total. The predicted molar refractivity (Wildman–Crippen MR) is 342 cm³/mol. The molecule has 1 amide bonds. The summed E-state index contributed by atoms with van der Waals surface area (Å²) in [7, 11) is 0. The lowest BCUT2D eigenvalue weighted by atomic mass is 9.96. The fourth-order valence-corrected chi connectivity index (χ4v) is 12.5. The van der Waals surface area contributed by atoms with Crippen molar-refractivity contribution in [1.29, 1.82) is 0 Å². The summed E-state index contributed by atoms with van der Waals surface area (Å²) >= 11 is 0. The summed E-state index contributed by atoms with van der Waals surface area (Å²) in [4.78, 5) is 13.4. The molecule has 88 heavy (non-hydrogen) atoms. The van der Waals surface area contributed by atoms with Crippen LogP contribution in [-0.2, 0) is 33.2 Å². The number of ether oxygens (including phenoxy) is 6. The second-order valence-corrected chi connectivity index (χ2v) is 26.1. The molecule has 3 aliphatic heterocycles. The van der Waals surface area contributed by atoms with Crippen LogP contribution in [0.4, 0.5) is 0 Å². The molecule has 0 saturated carbocycles. The predicted octanol–water partition coefficient (Wildman–Crippen LogP) is 9.67. The largest absolute Gasteiger partial charge is 0.394 e. The third-order valence-electron chi connectivity index (χ3n) is 18.3. The molecule has 0 aliphatic carbocycles. The molecule has 3 saturated heterocycles. The zero-order valence-electron chi connectivity index (χ0n) is 55.0. The first-order valence-electron chi connectivity index (χ1n) is 35.9. The molecule has 0 spiro atoms. The number of rotatable bonds is 56. The Balaban J connectivity index is 1.35. The van der Waals surface area contributed by atoms with Crippen molar-refractivity contribution in [2.24, 2.45) is 0 Å². The number of amides is 1. The van der Waals surface area contributed by atoms with Crippen molar-refractivity contribution in [1.82, 2.24) is 5.32 Å². The number of allylic oxidation sites excluding steroid dienone is 2. The average molecular weight is 1260 g/mol. The van der Waals surface area contributed by atoms with Gasteiger partial charge in [0.15, 0.2) is 18.9 Å². The number of aliphatic hydroxyl groups is 11. The van der Waals surface area contributed by atoms with Crippen molar-refractivity contribution < 1.29 is 89.4 Å². The van der Waals surface area contributed by atoms with E-state index in [2.05, 4.69) is 31.3 Å². The molecular formula is C69H131NO18. The van der Waals surface area contributed by atoms with Crippen molar-refractivity contribution in [2.45, 2.75) is 394 Å². The number of carbonyl (C=O) groups excluding carboxylic acids is 1. The number of hydrogen-bond donors (Lipinski definition) is 12. The Bertz CT molecular complexity index is 1650. The van der Waals surface area contributed by atoms with Crippen molar-refractivity contribution in [3.63, 3.8) is 0 Å². The van der Waals surface area contributed by atoms with E-state index in [1.165, 1.54) is 193 Å². The van der Waals surface area contributed by atoms with Gasteiger partial charge in [-0.15, -0.1) is 0 Å². The lowest BCUT2D eigenvalue weighted by molar-refractivity contribution is -0.379. The van der Waals surface area contributed by atoms with E-state index in [-0.39, 0.29) is 18.9 Å². The molecule has 520 valence electrons. The lowest BCUT2D eigenvalue weighted by Crippen LogP contribution is -2.66. The summed E-state index contributed by atoms with van der Waals surface area (Å²) in [5, 5.41) is 121. The zero-order chi connectivity index (χ0) is 64.0. The van der Waals surface area contributed by atoms with Crippen LogP contribution in [0.2, 0.25) is 0 Å².